The van der Waals surface area contributed by atoms with Crippen molar-refractivity contribution in [3.8, 4) is 11.5 Å². The van der Waals surface area contributed by atoms with Crippen molar-refractivity contribution in [2.75, 3.05) is 14.2 Å². The summed E-state index contributed by atoms with van der Waals surface area (Å²) in [5.74, 6) is 0.239. The molecule has 0 radical (unpaired) electrons. The number of carbonyl (C=O) groups is 1. The molecule has 0 aliphatic heterocycles. The lowest BCUT2D eigenvalue weighted by molar-refractivity contribution is -0.415. The van der Waals surface area contributed by atoms with Gasteiger partial charge in [0, 0.05) is 18.2 Å². The maximum Gasteiger partial charge on any atom is 0.315 e. The number of hydrogen-bond donors (Lipinski definition) is 3. The summed E-state index contributed by atoms with van der Waals surface area (Å²) in [6.07, 6.45) is 0.420. The van der Waals surface area contributed by atoms with Crippen LogP contribution in [0.15, 0.2) is 29.6 Å². The number of nitrogens with zero attached hydrogens (tertiary/aromatic N) is 1. The van der Waals surface area contributed by atoms with E-state index < -0.39 is 22.2 Å². The highest BCUT2D eigenvalue weighted by atomic mass is 16.6. The molecule has 0 atom stereocenters. The third-order valence-electron chi connectivity index (χ3n) is 2.79. The number of allylic oxidation sites excluding steroid dienone is 1. The zero-order valence-corrected chi connectivity index (χ0v) is 12.1. The normalized spacial score (nSPS) is 11.2. The molecule has 0 aliphatic rings. The number of methoxy groups -OCH3 is 2. The van der Waals surface area contributed by atoms with Gasteiger partial charge in [0.1, 0.15) is 11.5 Å². The summed E-state index contributed by atoms with van der Waals surface area (Å²) in [6, 6.07) is 5.01. The highest BCUT2D eigenvalue weighted by molar-refractivity contribution is 5.97. The topological polar surface area (TPSA) is 141 Å². The van der Waals surface area contributed by atoms with Crippen LogP contribution in [0.2, 0.25) is 0 Å². The van der Waals surface area contributed by atoms with E-state index in [0.29, 0.717) is 23.3 Å². The standard InChI is InChI=1S/C13H16N4O5/c1-21-9-4-3-8(11(5-9)22-2)7-16-13(18)12(15)10(6-14)17(19)20/h3-6,14H,7,15H2,1-2H3,(H,16,18). The molecule has 9 nitrogen and oxygen atoms in total. The van der Waals surface area contributed by atoms with E-state index in [-0.39, 0.29) is 6.54 Å². The molecule has 0 saturated heterocycles. The molecule has 1 aromatic carbocycles. The number of hydrogen-bond acceptors (Lipinski definition) is 7. The highest BCUT2D eigenvalue weighted by Crippen LogP contribution is 2.24. The molecule has 0 spiro atoms. The van der Waals surface area contributed by atoms with E-state index in [9.17, 15) is 14.9 Å². The van der Waals surface area contributed by atoms with Crippen LogP contribution in [0.5, 0.6) is 11.5 Å². The first-order valence-electron chi connectivity index (χ1n) is 6.08. The first-order valence-corrected chi connectivity index (χ1v) is 6.08. The number of amides is 1. The molecular formula is C13H16N4O5. The van der Waals surface area contributed by atoms with Crippen LogP contribution in [-0.2, 0) is 11.3 Å². The van der Waals surface area contributed by atoms with Crippen molar-refractivity contribution in [1.29, 1.82) is 5.41 Å². The number of ether oxygens (including phenoxy) is 2. The molecule has 4 N–H and O–H groups in total. The van der Waals surface area contributed by atoms with E-state index in [1.54, 1.807) is 18.2 Å². The first kappa shape index (κ1) is 17.0. The highest BCUT2D eigenvalue weighted by Gasteiger charge is 2.19. The third-order valence-corrected chi connectivity index (χ3v) is 2.79. The van der Waals surface area contributed by atoms with Crippen LogP contribution in [-0.4, -0.2) is 31.3 Å². The molecule has 0 unspecified atom stereocenters. The Morgan fingerprint density at radius 1 is 1.45 bits per heavy atom. The van der Waals surface area contributed by atoms with Crippen molar-refractivity contribution in [3.63, 3.8) is 0 Å². The molecule has 0 aliphatic carbocycles. The Morgan fingerprint density at radius 2 is 2.14 bits per heavy atom. The van der Waals surface area contributed by atoms with Crippen LogP contribution < -0.4 is 20.5 Å². The molecule has 0 fully saturated rings. The van der Waals surface area contributed by atoms with Crippen LogP contribution in [0, 0.1) is 15.5 Å². The maximum absolute atomic E-state index is 11.8. The van der Waals surface area contributed by atoms with Crippen molar-refractivity contribution >= 4 is 12.1 Å². The van der Waals surface area contributed by atoms with Gasteiger partial charge in [-0.25, -0.2) is 0 Å². The van der Waals surface area contributed by atoms with Gasteiger partial charge in [-0.2, -0.15) is 0 Å². The fraction of sp³-hybridized carbons (Fsp3) is 0.231. The summed E-state index contributed by atoms with van der Waals surface area (Å²) in [7, 11) is 2.98. The van der Waals surface area contributed by atoms with Crippen molar-refractivity contribution in [3.05, 3.63) is 45.3 Å². The van der Waals surface area contributed by atoms with Gasteiger partial charge < -0.3 is 25.9 Å². The summed E-state index contributed by atoms with van der Waals surface area (Å²) in [6.45, 7) is 0.0513. The Morgan fingerprint density at radius 3 is 2.64 bits per heavy atom. The van der Waals surface area contributed by atoms with Gasteiger partial charge in [0.05, 0.1) is 25.4 Å². The van der Waals surface area contributed by atoms with Crippen molar-refractivity contribution in [2.24, 2.45) is 5.73 Å². The Balaban J connectivity index is 2.88. The van der Waals surface area contributed by atoms with Crippen molar-refractivity contribution in [2.45, 2.75) is 6.54 Å². The predicted octanol–water partition coefficient (Wildman–Crippen LogP) is 0.417. The molecule has 0 aromatic heterocycles. The molecule has 118 valence electrons. The molecule has 1 amide bonds. The Labute approximate surface area is 126 Å². The lowest BCUT2D eigenvalue weighted by Crippen LogP contribution is -2.31. The number of rotatable bonds is 7. The molecule has 22 heavy (non-hydrogen) atoms. The van der Waals surface area contributed by atoms with E-state index in [0.717, 1.165) is 0 Å². The minimum absolute atomic E-state index is 0.0513. The van der Waals surface area contributed by atoms with E-state index >= 15 is 0 Å². The molecular weight excluding hydrogens is 292 g/mol. The Hall–Kier alpha value is -3.10. The van der Waals surface area contributed by atoms with E-state index in [1.807, 2.05) is 0 Å². The Kier molecular flexibility index (Phi) is 5.87. The average Bonchev–Trinajstić information content (AvgIpc) is 2.52. The van der Waals surface area contributed by atoms with Gasteiger partial charge in [0.25, 0.3) is 5.91 Å². The van der Waals surface area contributed by atoms with Crippen LogP contribution >= 0.6 is 0 Å². The second-order valence-electron chi connectivity index (χ2n) is 4.06. The molecule has 0 bridgehead atoms. The van der Waals surface area contributed by atoms with E-state index in [2.05, 4.69) is 5.32 Å². The van der Waals surface area contributed by atoms with Crippen LogP contribution in [0.1, 0.15) is 5.56 Å². The number of nitro groups is 1. The quantitative estimate of drug-likeness (QED) is 0.288. The average molecular weight is 308 g/mol. The summed E-state index contributed by atoms with van der Waals surface area (Å²) in [5.41, 5.74) is 4.62. The van der Waals surface area contributed by atoms with Gasteiger partial charge in [0.2, 0.25) is 0 Å². The lowest BCUT2D eigenvalue weighted by Gasteiger charge is -2.11. The zero-order chi connectivity index (χ0) is 16.7. The Bertz CT molecular complexity index is 627. The first-order chi connectivity index (χ1) is 10.4. The maximum atomic E-state index is 11.8. The number of carbonyl (C=O) groups excluding carboxylic acids is 1. The summed E-state index contributed by atoms with van der Waals surface area (Å²) in [4.78, 5) is 21.5. The minimum Gasteiger partial charge on any atom is -0.497 e. The number of benzene rings is 1. The zero-order valence-electron chi connectivity index (χ0n) is 12.1. The fourth-order valence-electron chi connectivity index (χ4n) is 1.61. The number of nitrogens with two attached hydrogens (primary N) is 1. The fourth-order valence-corrected chi connectivity index (χ4v) is 1.61. The van der Waals surface area contributed by atoms with Gasteiger partial charge >= 0.3 is 5.70 Å². The second-order valence-corrected chi connectivity index (χ2v) is 4.06. The van der Waals surface area contributed by atoms with Gasteiger partial charge in [-0.3, -0.25) is 14.9 Å². The molecule has 9 heteroatoms. The van der Waals surface area contributed by atoms with Gasteiger partial charge in [-0.05, 0) is 12.1 Å². The molecule has 1 rings (SSSR count). The van der Waals surface area contributed by atoms with E-state index in [1.165, 1.54) is 14.2 Å². The van der Waals surface area contributed by atoms with E-state index in [4.69, 9.17) is 20.6 Å². The largest absolute Gasteiger partial charge is 0.497 e. The van der Waals surface area contributed by atoms with Gasteiger partial charge in [-0.1, -0.05) is 0 Å². The third kappa shape index (κ3) is 3.95. The summed E-state index contributed by atoms with van der Waals surface area (Å²) >= 11 is 0. The smallest absolute Gasteiger partial charge is 0.315 e. The summed E-state index contributed by atoms with van der Waals surface area (Å²) in [5, 5.41) is 20.0. The van der Waals surface area contributed by atoms with Gasteiger partial charge in [0.15, 0.2) is 5.70 Å². The summed E-state index contributed by atoms with van der Waals surface area (Å²) < 4.78 is 10.2. The number of nitrogens with one attached hydrogen (secondary N) is 2. The van der Waals surface area contributed by atoms with Crippen molar-refractivity contribution in [1.82, 2.24) is 5.32 Å². The molecule has 0 heterocycles. The van der Waals surface area contributed by atoms with Crippen LogP contribution in [0.3, 0.4) is 0 Å². The van der Waals surface area contributed by atoms with Crippen LogP contribution in [0.25, 0.3) is 0 Å². The SMILES string of the molecule is COc1ccc(CNC(=O)C(N)=C(C=N)[N+](=O)[O-])c(OC)c1. The second kappa shape index (κ2) is 7.62. The predicted molar refractivity (Wildman–Crippen MR) is 78.4 cm³/mol. The van der Waals surface area contributed by atoms with Gasteiger partial charge in [-0.15, -0.1) is 0 Å². The molecule has 0 saturated carbocycles. The monoisotopic (exact) mass is 308 g/mol. The van der Waals surface area contributed by atoms with Crippen LogP contribution in [0.4, 0.5) is 0 Å². The lowest BCUT2D eigenvalue weighted by atomic mass is 10.2. The minimum atomic E-state index is -0.893. The molecule has 1 aromatic rings. The van der Waals surface area contributed by atoms with Crippen molar-refractivity contribution < 1.29 is 19.2 Å².